The first-order chi connectivity index (χ1) is 17.6. The zero-order valence-corrected chi connectivity index (χ0v) is 22.6. The van der Waals surface area contributed by atoms with Crippen molar-refractivity contribution in [3.8, 4) is 5.75 Å². The quantitative estimate of drug-likeness (QED) is 0.665. The topological polar surface area (TPSA) is 91.4 Å². The molecule has 9 nitrogen and oxygen atoms in total. The molecule has 0 fully saturated rings. The van der Waals surface area contributed by atoms with Crippen molar-refractivity contribution in [3.05, 3.63) is 59.7 Å². The number of benzene rings is 2. The second-order valence-electron chi connectivity index (χ2n) is 9.91. The van der Waals surface area contributed by atoms with E-state index >= 15 is 0 Å². The molecule has 1 aliphatic rings. The largest absolute Gasteiger partial charge is 0.491 e. The summed E-state index contributed by atoms with van der Waals surface area (Å²) in [6, 6.07) is 13.7. The van der Waals surface area contributed by atoms with Crippen molar-refractivity contribution in [2.75, 3.05) is 59.8 Å². The molecule has 0 bridgehead atoms. The number of carbonyl (C=O) groups is 3. The average molecular weight is 511 g/mol. The molecule has 3 atom stereocenters. The number of likely N-dealkylation sites (N-methyl/N-ethyl adjacent to an activating group) is 2. The number of hydrogen-bond acceptors (Lipinski definition) is 6. The number of nitrogens with zero attached hydrogens (tertiary/aromatic N) is 3. The van der Waals surface area contributed by atoms with Gasteiger partial charge in [-0.05, 0) is 51.4 Å². The van der Waals surface area contributed by atoms with E-state index in [1.807, 2.05) is 43.8 Å². The lowest BCUT2D eigenvalue weighted by atomic mass is 10.0. The van der Waals surface area contributed by atoms with E-state index in [9.17, 15) is 14.4 Å². The van der Waals surface area contributed by atoms with Gasteiger partial charge in [0.2, 0.25) is 5.91 Å². The molecule has 3 rings (SSSR count). The maximum absolute atomic E-state index is 13.5. The van der Waals surface area contributed by atoms with Gasteiger partial charge in [-0.1, -0.05) is 25.1 Å². The minimum Gasteiger partial charge on any atom is -0.491 e. The van der Waals surface area contributed by atoms with Gasteiger partial charge in [0.1, 0.15) is 12.4 Å². The van der Waals surface area contributed by atoms with Crippen LogP contribution in [0.4, 0.5) is 5.69 Å². The van der Waals surface area contributed by atoms with Crippen molar-refractivity contribution in [1.82, 2.24) is 14.7 Å². The van der Waals surface area contributed by atoms with E-state index in [1.165, 1.54) is 0 Å². The molecule has 2 aromatic rings. The lowest BCUT2D eigenvalue weighted by Crippen LogP contribution is -2.50. The zero-order valence-electron chi connectivity index (χ0n) is 22.6. The molecular formula is C28H38N4O5. The first-order valence-electron chi connectivity index (χ1n) is 12.5. The van der Waals surface area contributed by atoms with Crippen LogP contribution in [0.2, 0.25) is 0 Å². The predicted molar refractivity (Wildman–Crippen MR) is 143 cm³/mol. The third-order valence-electron chi connectivity index (χ3n) is 6.51. The fraction of sp³-hybridized carbons (Fsp3) is 0.464. The molecule has 1 heterocycles. The van der Waals surface area contributed by atoms with Gasteiger partial charge in [0.15, 0.2) is 0 Å². The molecule has 1 aliphatic heterocycles. The third-order valence-corrected chi connectivity index (χ3v) is 6.51. The Balaban J connectivity index is 1.93. The van der Waals surface area contributed by atoms with Crippen LogP contribution >= 0.6 is 0 Å². The summed E-state index contributed by atoms with van der Waals surface area (Å²) < 4.78 is 11.9. The number of methoxy groups -OCH3 is 1. The SMILES string of the molecule is CO[C@H]1CN(C)C(=O)c2cc(NC(=O)c3ccccc3)ccc2OC[C@@H](C)N(C(=O)CN(C)C)C[C@@H]1C. The van der Waals surface area contributed by atoms with Crippen LogP contribution in [0.1, 0.15) is 34.6 Å². The Kier molecular flexibility index (Phi) is 9.66. The summed E-state index contributed by atoms with van der Waals surface area (Å²) in [5.41, 5.74) is 1.33. The van der Waals surface area contributed by atoms with Crippen molar-refractivity contribution >= 4 is 23.4 Å². The van der Waals surface area contributed by atoms with Crippen LogP contribution in [0, 0.1) is 5.92 Å². The van der Waals surface area contributed by atoms with Crippen LogP contribution < -0.4 is 10.1 Å². The molecule has 0 radical (unpaired) electrons. The van der Waals surface area contributed by atoms with E-state index in [0.29, 0.717) is 35.7 Å². The molecule has 37 heavy (non-hydrogen) atoms. The average Bonchev–Trinajstić information content (AvgIpc) is 2.88. The Morgan fingerprint density at radius 2 is 1.81 bits per heavy atom. The normalized spacial score (nSPS) is 20.9. The number of hydrogen-bond donors (Lipinski definition) is 1. The van der Waals surface area contributed by atoms with E-state index < -0.39 is 0 Å². The second kappa shape index (κ2) is 12.7. The Morgan fingerprint density at radius 3 is 2.46 bits per heavy atom. The molecular weight excluding hydrogens is 472 g/mol. The molecule has 1 N–H and O–H groups in total. The summed E-state index contributed by atoms with van der Waals surface area (Å²) in [7, 11) is 7.06. The number of nitrogens with one attached hydrogen (secondary N) is 1. The van der Waals surface area contributed by atoms with Crippen LogP contribution in [0.25, 0.3) is 0 Å². The van der Waals surface area contributed by atoms with E-state index in [0.717, 1.165) is 0 Å². The number of anilines is 1. The van der Waals surface area contributed by atoms with Crippen LogP contribution in [0.5, 0.6) is 5.75 Å². The fourth-order valence-electron chi connectivity index (χ4n) is 4.36. The summed E-state index contributed by atoms with van der Waals surface area (Å²) in [5, 5.41) is 2.86. The molecule has 0 spiro atoms. The van der Waals surface area contributed by atoms with Crippen molar-refractivity contribution in [3.63, 3.8) is 0 Å². The summed E-state index contributed by atoms with van der Waals surface area (Å²) in [4.78, 5) is 44.5. The Morgan fingerprint density at radius 1 is 1.11 bits per heavy atom. The van der Waals surface area contributed by atoms with Gasteiger partial charge in [0.25, 0.3) is 11.8 Å². The lowest BCUT2D eigenvalue weighted by molar-refractivity contribution is -0.136. The van der Waals surface area contributed by atoms with Crippen molar-refractivity contribution in [1.29, 1.82) is 0 Å². The highest BCUT2D eigenvalue weighted by Gasteiger charge is 2.30. The summed E-state index contributed by atoms with van der Waals surface area (Å²) in [6.45, 7) is 5.27. The van der Waals surface area contributed by atoms with Gasteiger partial charge in [-0.25, -0.2) is 0 Å². The smallest absolute Gasteiger partial charge is 0.257 e. The Bertz CT molecular complexity index is 1090. The van der Waals surface area contributed by atoms with Crippen LogP contribution in [0.15, 0.2) is 48.5 Å². The number of fused-ring (bicyclic) bond motifs is 1. The van der Waals surface area contributed by atoms with Gasteiger partial charge in [-0.2, -0.15) is 0 Å². The minimum absolute atomic E-state index is 0.00323. The zero-order chi connectivity index (χ0) is 27.1. The van der Waals surface area contributed by atoms with E-state index in [-0.39, 0.29) is 48.9 Å². The number of amides is 3. The highest BCUT2D eigenvalue weighted by Crippen LogP contribution is 2.27. The number of carbonyl (C=O) groups excluding carboxylic acids is 3. The molecule has 200 valence electrons. The first kappa shape index (κ1) is 28.1. The van der Waals surface area contributed by atoms with Gasteiger partial charge >= 0.3 is 0 Å². The minimum atomic E-state index is -0.277. The second-order valence-corrected chi connectivity index (χ2v) is 9.91. The summed E-state index contributed by atoms with van der Waals surface area (Å²) in [5.74, 6) is -0.141. The molecule has 0 unspecified atom stereocenters. The highest BCUT2D eigenvalue weighted by molar-refractivity contribution is 6.05. The molecule has 3 amide bonds. The van der Waals surface area contributed by atoms with E-state index in [2.05, 4.69) is 5.32 Å². The highest BCUT2D eigenvalue weighted by atomic mass is 16.5. The van der Waals surface area contributed by atoms with E-state index in [1.54, 1.807) is 61.5 Å². The molecule has 0 aromatic heterocycles. The van der Waals surface area contributed by atoms with Gasteiger partial charge in [-0.15, -0.1) is 0 Å². The fourth-order valence-corrected chi connectivity index (χ4v) is 4.36. The van der Waals surface area contributed by atoms with Gasteiger partial charge in [-0.3, -0.25) is 14.4 Å². The first-order valence-corrected chi connectivity index (χ1v) is 12.5. The Hall–Kier alpha value is -3.43. The van der Waals surface area contributed by atoms with Crippen LogP contribution in [-0.2, 0) is 9.53 Å². The molecule has 0 saturated heterocycles. The van der Waals surface area contributed by atoms with Crippen molar-refractivity contribution in [2.24, 2.45) is 5.92 Å². The van der Waals surface area contributed by atoms with Crippen LogP contribution in [-0.4, -0.2) is 99.1 Å². The number of ether oxygens (including phenoxy) is 2. The van der Waals surface area contributed by atoms with Crippen molar-refractivity contribution in [2.45, 2.75) is 26.0 Å². The Labute approximate surface area is 219 Å². The predicted octanol–water partition coefficient (Wildman–Crippen LogP) is 2.83. The summed E-state index contributed by atoms with van der Waals surface area (Å²) >= 11 is 0. The molecule has 9 heteroatoms. The van der Waals surface area contributed by atoms with Gasteiger partial charge in [0.05, 0.1) is 24.3 Å². The number of rotatable bonds is 5. The summed E-state index contributed by atoms with van der Waals surface area (Å²) in [6.07, 6.45) is -0.277. The molecule has 2 aromatic carbocycles. The van der Waals surface area contributed by atoms with E-state index in [4.69, 9.17) is 9.47 Å². The van der Waals surface area contributed by atoms with Gasteiger partial charge < -0.3 is 29.5 Å². The monoisotopic (exact) mass is 510 g/mol. The maximum Gasteiger partial charge on any atom is 0.257 e. The molecule has 0 aliphatic carbocycles. The standard InChI is InChI=1S/C28H38N4O5/c1-19-15-32(26(33)17-30(3)4)20(2)18-37-24-13-12-22(29-27(34)21-10-8-7-9-11-21)14-23(24)28(35)31(5)16-25(19)36-6/h7-14,19-20,25H,15-18H2,1-6H3,(H,29,34)/t19-,20+,25-/m0/s1. The van der Waals surface area contributed by atoms with Crippen molar-refractivity contribution < 1.29 is 23.9 Å². The molecule has 0 saturated carbocycles. The maximum atomic E-state index is 13.5. The third kappa shape index (κ3) is 7.30. The van der Waals surface area contributed by atoms with Crippen LogP contribution in [0.3, 0.4) is 0 Å². The van der Waals surface area contributed by atoms with Gasteiger partial charge in [0, 0.05) is 44.4 Å². The lowest BCUT2D eigenvalue weighted by Gasteiger charge is -2.36.